The molecule has 0 radical (unpaired) electrons. The maximum Gasteiger partial charge on any atom is 0.123 e. The largest absolute Gasteiger partial charge is 0.488 e. The molecule has 2 nitrogen and oxygen atoms in total. The van der Waals surface area contributed by atoms with Gasteiger partial charge in [0.05, 0.1) is 0 Å². The van der Waals surface area contributed by atoms with Gasteiger partial charge >= 0.3 is 0 Å². The fraction of sp³-hybridized carbons (Fsp3) is 0.538. The van der Waals surface area contributed by atoms with Gasteiger partial charge in [0.1, 0.15) is 11.9 Å². The molecule has 1 aromatic rings. The van der Waals surface area contributed by atoms with Gasteiger partial charge in [0.15, 0.2) is 0 Å². The summed E-state index contributed by atoms with van der Waals surface area (Å²) in [5, 5.41) is 0. The van der Waals surface area contributed by atoms with Crippen LogP contribution in [0.15, 0.2) is 24.3 Å². The lowest BCUT2D eigenvalue weighted by molar-refractivity contribution is 0.128. The lowest BCUT2D eigenvalue weighted by Gasteiger charge is -2.34. The maximum absolute atomic E-state index is 6.24. The predicted molar refractivity (Wildman–Crippen MR) is 59.9 cm³/mol. The van der Waals surface area contributed by atoms with Crippen LogP contribution in [-0.4, -0.2) is 12.1 Å². The fourth-order valence-corrected chi connectivity index (χ4v) is 2.55. The number of benzene rings is 1. The van der Waals surface area contributed by atoms with Crippen LogP contribution in [0.25, 0.3) is 0 Å². The summed E-state index contributed by atoms with van der Waals surface area (Å²) in [5.41, 5.74) is 7.56. The highest BCUT2D eigenvalue weighted by Gasteiger charge is 2.35. The Morgan fingerprint density at radius 1 is 1.27 bits per heavy atom. The molecule has 1 saturated carbocycles. The molecule has 80 valence electrons. The highest BCUT2D eigenvalue weighted by molar-refractivity contribution is 5.37. The van der Waals surface area contributed by atoms with Crippen LogP contribution in [0.4, 0.5) is 0 Å². The summed E-state index contributed by atoms with van der Waals surface area (Å²) >= 11 is 0. The van der Waals surface area contributed by atoms with E-state index in [1.165, 1.54) is 24.8 Å². The molecule has 2 atom stereocenters. The zero-order valence-electron chi connectivity index (χ0n) is 8.86. The van der Waals surface area contributed by atoms with Crippen LogP contribution in [0.2, 0.25) is 0 Å². The monoisotopic (exact) mass is 203 g/mol. The molecule has 0 amide bonds. The smallest absolute Gasteiger partial charge is 0.123 e. The van der Waals surface area contributed by atoms with Crippen LogP contribution in [-0.2, 0) is 6.42 Å². The van der Waals surface area contributed by atoms with E-state index in [9.17, 15) is 0 Å². The van der Waals surface area contributed by atoms with Crippen molar-refractivity contribution in [2.45, 2.75) is 37.8 Å². The van der Waals surface area contributed by atoms with E-state index in [-0.39, 0.29) is 12.1 Å². The zero-order valence-corrected chi connectivity index (χ0v) is 8.86. The summed E-state index contributed by atoms with van der Waals surface area (Å²) in [7, 11) is 0. The first kappa shape index (κ1) is 9.22. The van der Waals surface area contributed by atoms with E-state index in [0.717, 1.165) is 12.2 Å². The highest BCUT2D eigenvalue weighted by atomic mass is 16.5. The van der Waals surface area contributed by atoms with Crippen LogP contribution >= 0.6 is 0 Å². The first-order valence-electron chi connectivity index (χ1n) is 5.85. The Morgan fingerprint density at radius 2 is 2.07 bits per heavy atom. The molecule has 2 aliphatic rings. The molecule has 2 heteroatoms. The molecule has 15 heavy (non-hydrogen) atoms. The van der Waals surface area contributed by atoms with Crippen LogP contribution in [0.3, 0.4) is 0 Å². The molecule has 1 aromatic carbocycles. The minimum absolute atomic E-state index is 0.215. The molecular formula is C13H17NO. The third-order valence-electron chi connectivity index (χ3n) is 3.80. The molecule has 1 aliphatic carbocycles. The second-order valence-corrected chi connectivity index (χ2v) is 4.74. The number of hydrogen-bond donors (Lipinski definition) is 1. The SMILES string of the molecule is NC(C1CCC1)C1Cc2ccccc2O1. The molecule has 1 aliphatic heterocycles. The summed E-state index contributed by atoms with van der Waals surface area (Å²) in [5.74, 6) is 1.74. The van der Waals surface area contributed by atoms with Gasteiger partial charge in [-0.15, -0.1) is 0 Å². The van der Waals surface area contributed by atoms with Crippen LogP contribution in [0.1, 0.15) is 24.8 Å². The lowest BCUT2D eigenvalue weighted by atomic mass is 9.77. The number of fused-ring (bicyclic) bond motifs is 1. The van der Waals surface area contributed by atoms with E-state index in [1.54, 1.807) is 0 Å². The van der Waals surface area contributed by atoms with Gasteiger partial charge in [0.25, 0.3) is 0 Å². The standard InChI is InChI=1S/C13H17NO/c14-13(9-5-3-6-9)12-8-10-4-1-2-7-11(10)15-12/h1-2,4,7,9,12-13H,3,5-6,8,14H2. The zero-order chi connectivity index (χ0) is 10.3. The summed E-state index contributed by atoms with van der Waals surface area (Å²) in [6, 6.07) is 8.51. The van der Waals surface area contributed by atoms with Gasteiger partial charge in [-0.3, -0.25) is 0 Å². The van der Waals surface area contributed by atoms with E-state index in [2.05, 4.69) is 12.1 Å². The maximum atomic E-state index is 6.24. The van der Waals surface area contributed by atoms with Crippen molar-refractivity contribution in [2.75, 3.05) is 0 Å². The number of nitrogens with two attached hydrogens (primary N) is 1. The minimum atomic E-state index is 0.215. The molecule has 2 unspecified atom stereocenters. The van der Waals surface area contributed by atoms with Crippen molar-refractivity contribution in [3.05, 3.63) is 29.8 Å². The van der Waals surface area contributed by atoms with Crippen LogP contribution in [0.5, 0.6) is 5.75 Å². The van der Waals surface area contributed by atoms with Gasteiger partial charge in [0.2, 0.25) is 0 Å². The average molecular weight is 203 g/mol. The molecule has 3 rings (SSSR count). The Kier molecular flexibility index (Phi) is 2.17. The van der Waals surface area contributed by atoms with E-state index in [1.807, 2.05) is 12.1 Å². The molecule has 0 saturated heterocycles. The number of rotatable bonds is 2. The third-order valence-corrected chi connectivity index (χ3v) is 3.80. The fourth-order valence-electron chi connectivity index (χ4n) is 2.55. The lowest BCUT2D eigenvalue weighted by Crippen LogP contribution is -2.46. The van der Waals surface area contributed by atoms with Crippen molar-refractivity contribution < 1.29 is 4.74 Å². The molecule has 0 bridgehead atoms. The van der Waals surface area contributed by atoms with Crippen LogP contribution in [0, 0.1) is 5.92 Å². The van der Waals surface area contributed by atoms with E-state index in [4.69, 9.17) is 10.5 Å². The number of hydrogen-bond acceptors (Lipinski definition) is 2. The summed E-state index contributed by atoms with van der Waals surface area (Å²) in [6.07, 6.45) is 5.13. The molecule has 2 N–H and O–H groups in total. The van der Waals surface area contributed by atoms with E-state index >= 15 is 0 Å². The predicted octanol–water partition coefficient (Wildman–Crippen LogP) is 2.12. The van der Waals surface area contributed by atoms with Crippen molar-refractivity contribution >= 4 is 0 Å². The highest BCUT2D eigenvalue weighted by Crippen LogP contribution is 2.35. The first-order valence-corrected chi connectivity index (χ1v) is 5.85. The van der Waals surface area contributed by atoms with Gasteiger partial charge in [-0.2, -0.15) is 0 Å². The van der Waals surface area contributed by atoms with Gasteiger partial charge < -0.3 is 10.5 Å². The summed E-state index contributed by atoms with van der Waals surface area (Å²) in [6.45, 7) is 0. The number of para-hydroxylation sites is 1. The Hall–Kier alpha value is -1.02. The third kappa shape index (κ3) is 1.53. The number of ether oxygens (including phenoxy) is 1. The molecule has 0 aromatic heterocycles. The Bertz CT molecular complexity index is 334. The van der Waals surface area contributed by atoms with Gasteiger partial charge in [0, 0.05) is 12.5 Å². The van der Waals surface area contributed by atoms with E-state index in [0.29, 0.717) is 5.92 Å². The van der Waals surface area contributed by atoms with Crippen molar-refractivity contribution in [1.29, 1.82) is 0 Å². The summed E-state index contributed by atoms with van der Waals surface area (Å²) in [4.78, 5) is 0. The van der Waals surface area contributed by atoms with Gasteiger partial charge in [-0.25, -0.2) is 0 Å². The summed E-state index contributed by atoms with van der Waals surface area (Å²) < 4.78 is 5.90. The van der Waals surface area contributed by atoms with Gasteiger partial charge in [-0.1, -0.05) is 24.6 Å². The quantitative estimate of drug-likeness (QED) is 0.799. The first-order chi connectivity index (χ1) is 7.34. The Labute approximate surface area is 90.4 Å². The van der Waals surface area contributed by atoms with Crippen molar-refractivity contribution in [2.24, 2.45) is 11.7 Å². The van der Waals surface area contributed by atoms with Crippen molar-refractivity contribution in [3.63, 3.8) is 0 Å². The molecule has 1 fully saturated rings. The second kappa shape index (κ2) is 3.53. The average Bonchev–Trinajstić information content (AvgIpc) is 2.58. The topological polar surface area (TPSA) is 35.2 Å². The van der Waals surface area contributed by atoms with Crippen molar-refractivity contribution in [3.8, 4) is 5.75 Å². The second-order valence-electron chi connectivity index (χ2n) is 4.74. The normalized spacial score (nSPS) is 26.6. The molecular weight excluding hydrogens is 186 g/mol. The minimum Gasteiger partial charge on any atom is -0.488 e. The Balaban J connectivity index is 1.72. The van der Waals surface area contributed by atoms with Gasteiger partial charge in [-0.05, 0) is 30.4 Å². The van der Waals surface area contributed by atoms with Crippen LogP contribution < -0.4 is 10.5 Å². The molecule has 0 spiro atoms. The van der Waals surface area contributed by atoms with Crippen molar-refractivity contribution in [1.82, 2.24) is 0 Å². The Morgan fingerprint density at radius 3 is 2.73 bits per heavy atom. The van der Waals surface area contributed by atoms with E-state index < -0.39 is 0 Å². The molecule has 1 heterocycles.